The summed E-state index contributed by atoms with van der Waals surface area (Å²) in [5.41, 5.74) is 1.22. The maximum atomic E-state index is 5.79. The van der Waals surface area contributed by atoms with E-state index in [1.807, 2.05) is 43.4 Å². The lowest BCUT2D eigenvalue weighted by atomic mass is 10.2. The molecule has 0 heterocycles. The van der Waals surface area contributed by atoms with Gasteiger partial charge in [0.25, 0.3) is 0 Å². The van der Waals surface area contributed by atoms with Crippen LogP contribution in [0.5, 0.6) is 11.5 Å². The van der Waals surface area contributed by atoms with Crippen molar-refractivity contribution in [2.24, 2.45) is 0 Å². The Morgan fingerprint density at radius 3 is 2.39 bits per heavy atom. The molecule has 0 unspecified atom stereocenters. The first-order chi connectivity index (χ1) is 8.69. The third kappa shape index (κ3) is 3.70. The van der Waals surface area contributed by atoms with Crippen molar-refractivity contribution in [1.29, 1.82) is 0 Å². The second-order valence-electron chi connectivity index (χ2n) is 3.84. The van der Waals surface area contributed by atoms with E-state index < -0.39 is 0 Å². The molecule has 94 valence electrons. The van der Waals surface area contributed by atoms with Crippen molar-refractivity contribution in [3.8, 4) is 11.5 Å². The van der Waals surface area contributed by atoms with E-state index in [4.69, 9.17) is 4.74 Å². The van der Waals surface area contributed by atoms with Crippen LogP contribution in [0, 0.1) is 3.57 Å². The average molecular weight is 418 g/mol. The Bertz CT molecular complexity index is 528. The van der Waals surface area contributed by atoms with E-state index in [9.17, 15) is 0 Å². The van der Waals surface area contributed by atoms with Gasteiger partial charge in [-0.1, -0.05) is 22.0 Å². The van der Waals surface area contributed by atoms with Gasteiger partial charge in [0.15, 0.2) is 0 Å². The number of halogens is 2. The second kappa shape index (κ2) is 6.54. The first-order valence-corrected chi connectivity index (χ1v) is 7.42. The van der Waals surface area contributed by atoms with E-state index in [0.29, 0.717) is 0 Å². The summed E-state index contributed by atoms with van der Waals surface area (Å²) >= 11 is 5.83. The van der Waals surface area contributed by atoms with Gasteiger partial charge in [0.1, 0.15) is 11.5 Å². The zero-order chi connectivity index (χ0) is 13.0. The van der Waals surface area contributed by atoms with Gasteiger partial charge in [-0.2, -0.15) is 0 Å². The van der Waals surface area contributed by atoms with Crippen molar-refractivity contribution in [1.82, 2.24) is 5.32 Å². The van der Waals surface area contributed by atoms with Gasteiger partial charge in [-0.3, -0.25) is 0 Å². The van der Waals surface area contributed by atoms with Gasteiger partial charge in [0.05, 0.1) is 0 Å². The second-order valence-corrected chi connectivity index (χ2v) is 5.94. The molecule has 1 N–H and O–H groups in total. The van der Waals surface area contributed by atoms with Crippen LogP contribution in [0.2, 0.25) is 0 Å². The van der Waals surface area contributed by atoms with Crippen molar-refractivity contribution in [2.45, 2.75) is 6.54 Å². The van der Waals surface area contributed by atoms with E-state index in [-0.39, 0.29) is 0 Å². The predicted molar refractivity (Wildman–Crippen MR) is 86.1 cm³/mol. The highest BCUT2D eigenvalue weighted by Gasteiger charge is 2.02. The molecule has 2 nitrogen and oxygen atoms in total. The number of ether oxygens (including phenoxy) is 1. The minimum atomic E-state index is 0.836. The zero-order valence-electron chi connectivity index (χ0n) is 9.91. The van der Waals surface area contributed by atoms with E-state index in [2.05, 4.69) is 49.9 Å². The van der Waals surface area contributed by atoms with Crippen molar-refractivity contribution < 1.29 is 4.74 Å². The van der Waals surface area contributed by atoms with Gasteiger partial charge in [-0.05, 0) is 71.6 Å². The summed E-state index contributed by atoms with van der Waals surface area (Å²) in [6.07, 6.45) is 0. The van der Waals surface area contributed by atoms with E-state index in [1.165, 1.54) is 9.13 Å². The van der Waals surface area contributed by atoms with Crippen molar-refractivity contribution in [3.05, 3.63) is 56.1 Å². The summed E-state index contributed by atoms with van der Waals surface area (Å²) in [5.74, 6) is 1.69. The molecule has 0 fully saturated rings. The number of hydrogen-bond donors (Lipinski definition) is 1. The fourth-order valence-electron chi connectivity index (χ4n) is 1.56. The average Bonchev–Trinajstić information content (AvgIpc) is 2.36. The van der Waals surface area contributed by atoms with Crippen LogP contribution < -0.4 is 10.1 Å². The fraction of sp³-hybridized carbons (Fsp3) is 0.143. The molecule has 0 atom stereocenters. The number of hydrogen-bond acceptors (Lipinski definition) is 2. The molecule has 2 aromatic rings. The summed E-state index contributed by atoms with van der Waals surface area (Å²) in [4.78, 5) is 0. The van der Waals surface area contributed by atoms with Gasteiger partial charge in [0, 0.05) is 14.6 Å². The summed E-state index contributed by atoms with van der Waals surface area (Å²) in [6.45, 7) is 0.838. The van der Waals surface area contributed by atoms with Crippen LogP contribution in [-0.2, 0) is 6.54 Å². The number of benzene rings is 2. The molecule has 0 spiro atoms. The number of rotatable bonds is 4. The fourth-order valence-corrected chi connectivity index (χ4v) is 2.42. The van der Waals surface area contributed by atoms with E-state index >= 15 is 0 Å². The van der Waals surface area contributed by atoms with Crippen LogP contribution in [0.25, 0.3) is 0 Å². The third-order valence-electron chi connectivity index (χ3n) is 2.44. The van der Waals surface area contributed by atoms with E-state index in [1.54, 1.807) is 0 Å². The van der Waals surface area contributed by atoms with Crippen LogP contribution in [0.1, 0.15) is 5.56 Å². The molecule has 18 heavy (non-hydrogen) atoms. The molecule has 2 rings (SSSR count). The summed E-state index contributed by atoms with van der Waals surface area (Å²) in [5, 5.41) is 3.13. The van der Waals surface area contributed by atoms with Crippen LogP contribution in [0.4, 0.5) is 0 Å². The van der Waals surface area contributed by atoms with Gasteiger partial charge < -0.3 is 10.1 Å². The highest BCUT2D eigenvalue weighted by molar-refractivity contribution is 14.1. The monoisotopic (exact) mass is 417 g/mol. The van der Waals surface area contributed by atoms with Crippen molar-refractivity contribution >= 4 is 38.5 Å². The highest BCUT2D eigenvalue weighted by Crippen LogP contribution is 2.27. The van der Waals surface area contributed by atoms with Gasteiger partial charge in [-0.15, -0.1) is 0 Å². The zero-order valence-corrected chi connectivity index (χ0v) is 13.7. The van der Waals surface area contributed by atoms with Gasteiger partial charge >= 0.3 is 0 Å². The normalized spacial score (nSPS) is 10.4. The van der Waals surface area contributed by atoms with Gasteiger partial charge in [-0.25, -0.2) is 0 Å². The first-order valence-electron chi connectivity index (χ1n) is 5.55. The molecule has 0 aliphatic heterocycles. The third-order valence-corrected chi connectivity index (χ3v) is 3.90. The summed E-state index contributed by atoms with van der Waals surface area (Å²) in [6, 6.07) is 14.0. The Morgan fingerprint density at radius 1 is 1.11 bits per heavy atom. The largest absolute Gasteiger partial charge is 0.457 e. The molecule has 0 bridgehead atoms. The maximum absolute atomic E-state index is 5.79. The Labute approximate surface area is 129 Å². The van der Waals surface area contributed by atoms with Crippen molar-refractivity contribution in [3.63, 3.8) is 0 Å². The minimum absolute atomic E-state index is 0.836. The molecule has 4 heteroatoms. The quantitative estimate of drug-likeness (QED) is 0.736. The Hall–Kier alpha value is -0.590. The Balaban J connectivity index is 2.14. The topological polar surface area (TPSA) is 21.3 Å². The lowest BCUT2D eigenvalue weighted by Crippen LogP contribution is -2.05. The Kier molecular flexibility index (Phi) is 5.03. The maximum Gasteiger partial charge on any atom is 0.128 e. The molecule has 0 saturated heterocycles. The van der Waals surface area contributed by atoms with E-state index in [0.717, 1.165) is 22.5 Å². The molecule has 0 saturated carbocycles. The number of nitrogens with one attached hydrogen (secondary N) is 1. The summed E-state index contributed by atoms with van der Waals surface area (Å²) < 4.78 is 8.05. The molecule has 0 radical (unpaired) electrons. The molecular formula is C14H13BrINO. The molecular weight excluding hydrogens is 405 g/mol. The van der Waals surface area contributed by atoms with Crippen LogP contribution in [0.15, 0.2) is 46.9 Å². The lowest BCUT2D eigenvalue weighted by molar-refractivity contribution is 0.482. The van der Waals surface area contributed by atoms with Gasteiger partial charge in [0.2, 0.25) is 0 Å². The lowest BCUT2D eigenvalue weighted by Gasteiger charge is -2.09. The summed E-state index contributed by atoms with van der Waals surface area (Å²) in [7, 11) is 1.93. The molecule has 0 aliphatic carbocycles. The van der Waals surface area contributed by atoms with Crippen LogP contribution in [-0.4, -0.2) is 7.05 Å². The molecule has 0 aromatic heterocycles. The minimum Gasteiger partial charge on any atom is -0.457 e. The SMILES string of the molecule is CNCc1ccc(Oc2ccc(I)cc2)cc1Br. The first kappa shape index (κ1) is 13.8. The molecule has 0 amide bonds. The highest BCUT2D eigenvalue weighted by atomic mass is 127. The molecule has 2 aromatic carbocycles. The predicted octanol–water partition coefficient (Wildman–Crippen LogP) is 4.57. The smallest absolute Gasteiger partial charge is 0.128 e. The van der Waals surface area contributed by atoms with Crippen LogP contribution >= 0.6 is 38.5 Å². The Morgan fingerprint density at radius 2 is 1.78 bits per heavy atom. The molecule has 0 aliphatic rings. The van der Waals surface area contributed by atoms with Crippen LogP contribution in [0.3, 0.4) is 0 Å². The standard InChI is InChI=1S/C14H13BrINO/c1-17-9-10-2-5-13(8-14(10)15)18-12-6-3-11(16)4-7-12/h2-8,17H,9H2,1H3. The van der Waals surface area contributed by atoms with Crippen molar-refractivity contribution in [2.75, 3.05) is 7.05 Å².